The number of hydrogen-bond acceptors (Lipinski definition) is 3. The molecule has 0 saturated carbocycles. The van der Waals surface area contributed by atoms with Gasteiger partial charge in [0.05, 0.1) is 6.21 Å². The fraction of sp³-hybridized carbons (Fsp3) is 0.647. The second-order valence-electron chi connectivity index (χ2n) is 5.47. The first-order chi connectivity index (χ1) is 10.2. The second kappa shape index (κ2) is 11.5. The molecule has 0 unspecified atom stereocenters. The lowest BCUT2D eigenvalue weighted by atomic mass is 10.1. The van der Waals surface area contributed by atoms with Crippen molar-refractivity contribution in [3.05, 3.63) is 21.9 Å². The number of hydrogen-bond donors (Lipinski definition) is 1. The van der Waals surface area contributed by atoms with Crippen LogP contribution in [0.5, 0.6) is 0 Å². The zero-order valence-corrected chi connectivity index (χ0v) is 14.2. The molecule has 0 aliphatic rings. The maximum Gasteiger partial charge on any atom is 0.240 e. The van der Waals surface area contributed by atoms with Gasteiger partial charge in [0.15, 0.2) is 0 Å². The van der Waals surface area contributed by atoms with E-state index in [0.29, 0.717) is 6.42 Å². The number of carbonyl (C=O) groups is 1. The molecule has 3 nitrogen and oxygen atoms in total. The van der Waals surface area contributed by atoms with Gasteiger partial charge < -0.3 is 0 Å². The zero-order valence-electron chi connectivity index (χ0n) is 13.4. The van der Waals surface area contributed by atoms with Gasteiger partial charge in [-0.3, -0.25) is 4.79 Å². The lowest BCUT2D eigenvalue weighted by Gasteiger charge is -2.01. The first kappa shape index (κ1) is 17.9. The summed E-state index contributed by atoms with van der Waals surface area (Å²) in [5.41, 5.74) is 2.60. The highest BCUT2D eigenvalue weighted by atomic mass is 32.1. The summed E-state index contributed by atoms with van der Waals surface area (Å²) in [6, 6.07) is 4.06. The van der Waals surface area contributed by atoms with Gasteiger partial charge in [0.1, 0.15) is 0 Å². The summed E-state index contributed by atoms with van der Waals surface area (Å²) < 4.78 is 0. The van der Waals surface area contributed by atoms with Crippen LogP contribution in [0.1, 0.15) is 74.5 Å². The molecule has 0 aliphatic carbocycles. The highest BCUT2D eigenvalue weighted by Gasteiger charge is 1.99. The summed E-state index contributed by atoms with van der Waals surface area (Å²) in [5.74, 6) is 0.0190. The molecule has 0 bridgehead atoms. The number of thiophene rings is 1. The van der Waals surface area contributed by atoms with Crippen LogP contribution in [0.15, 0.2) is 17.2 Å². The maximum absolute atomic E-state index is 11.6. The van der Waals surface area contributed by atoms with E-state index >= 15 is 0 Å². The number of nitrogens with zero attached hydrogens (tertiary/aromatic N) is 1. The summed E-state index contributed by atoms with van der Waals surface area (Å²) in [4.78, 5) is 13.9. The minimum absolute atomic E-state index is 0.0190. The van der Waals surface area contributed by atoms with Crippen molar-refractivity contribution in [1.82, 2.24) is 5.43 Å². The molecule has 1 amide bonds. The number of carbonyl (C=O) groups excluding carboxylic acids is 1. The van der Waals surface area contributed by atoms with Crippen LogP contribution in [0.3, 0.4) is 0 Å². The number of nitrogens with one attached hydrogen (secondary N) is 1. The molecule has 0 spiro atoms. The molecule has 21 heavy (non-hydrogen) atoms. The SMILES string of the molecule is CCCCCCCCCCC(=O)NN=Cc1ccc(C)s1. The summed E-state index contributed by atoms with van der Waals surface area (Å²) in [6.07, 6.45) is 12.3. The van der Waals surface area contributed by atoms with E-state index in [1.807, 2.05) is 12.1 Å². The van der Waals surface area contributed by atoms with E-state index in [1.54, 1.807) is 17.6 Å². The first-order valence-corrected chi connectivity index (χ1v) is 8.92. The van der Waals surface area contributed by atoms with Crippen molar-refractivity contribution in [2.45, 2.75) is 71.6 Å². The van der Waals surface area contributed by atoms with E-state index < -0.39 is 0 Å². The predicted octanol–water partition coefficient (Wildman–Crippen LogP) is 5.04. The van der Waals surface area contributed by atoms with Crippen LogP contribution >= 0.6 is 11.3 Å². The van der Waals surface area contributed by atoms with Crippen molar-refractivity contribution >= 4 is 23.5 Å². The van der Waals surface area contributed by atoms with Gasteiger partial charge in [0.2, 0.25) is 5.91 Å². The molecule has 0 atom stereocenters. The number of rotatable bonds is 11. The summed E-state index contributed by atoms with van der Waals surface area (Å²) in [6.45, 7) is 4.30. The largest absolute Gasteiger partial charge is 0.273 e. The molecule has 0 saturated heterocycles. The highest BCUT2D eigenvalue weighted by Crippen LogP contribution is 2.12. The van der Waals surface area contributed by atoms with Crippen LogP contribution in [0, 0.1) is 6.92 Å². The Labute approximate surface area is 132 Å². The van der Waals surface area contributed by atoms with Gasteiger partial charge in [0, 0.05) is 16.2 Å². The summed E-state index contributed by atoms with van der Waals surface area (Å²) in [7, 11) is 0. The molecule has 0 aliphatic heterocycles. The molecular weight excluding hydrogens is 280 g/mol. The van der Waals surface area contributed by atoms with Crippen molar-refractivity contribution < 1.29 is 4.79 Å². The normalized spacial score (nSPS) is 11.1. The molecule has 0 radical (unpaired) electrons. The quantitative estimate of drug-likeness (QED) is 0.347. The van der Waals surface area contributed by atoms with E-state index in [0.717, 1.165) is 17.7 Å². The minimum atomic E-state index is 0.0190. The molecule has 0 aromatic carbocycles. The number of amides is 1. The smallest absolute Gasteiger partial charge is 0.240 e. The van der Waals surface area contributed by atoms with Crippen LogP contribution in [0.4, 0.5) is 0 Å². The van der Waals surface area contributed by atoms with Gasteiger partial charge in [-0.15, -0.1) is 11.3 Å². The van der Waals surface area contributed by atoms with E-state index in [-0.39, 0.29) is 5.91 Å². The van der Waals surface area contributed by atoms with E-state index in [2.05, 4.69) is 24.4 Å². The fourth-order valence-electron chi connectivity index (χ4n) is 2.17. The van der Waals surface area contributed by atoms with Crippen molar-refractivity contribution in [3.8, 4) is 0 Å². The minimum Gasteiger partial charge on any atom is -0.273 e. The molecular formula is C17H28N2OS. The third-order valence-electron chi connectivity index (χ3n) is 3.40. The third-order valence-corrected chi connectivity index (χ3v) is 4.33. The first-order valence-electron chi connectivity index (χ1n) is 8.10. The Morgan fingerprint density at radius 3 is 2.43 bits per heavy atom. The van der Waals surface area contributed by atoms with E-state index in [1.165, 1.54) is 43.4 Å². The second-order valence-corrected chi connectivity index (χ2v) is 6.79. The van der Waals surface area contributed by atoms with Crippen molar-refractivity contribution in [2.75, 3.05) is 0 Å². The molecule has 1 aromatic rings. The van der Waals surface area contributed by atoms with E-state index in [9.17, 15) is 4.79 Å². The van der Waals surface area contributed by atoms with Crippen molar-refractivity contribution in [1.29, 1.82) is 0 Å². The lowest BCUT2D eigenvalue weighted by Crippen LogP contribution is -2.16. The topological polar surface area (TPSA) is 41.5 Å². The summed E-state index contributed by atoms with van der Waals surface area (Å²) in [5, 5.41) is 3.99. The Balaban J connectivity index is 1.98. The molecule has 1 aromatic heterocycles. The zero-order chi connectivity index (χ0) is 15.3. The van der Waals surface area contributed by atoms with Gasteiger partial charge in [0.25, 0.3) is 0 Å². The van der Waals surface area contributed by atoms with Gasteiger partial charge >= 0.3 is 0 Å². The van der Waals surface area contributed by atoms with Gasteiger partial charge in [-0.05, 0) is 25.5 Å². The molecule has 0 fully saturated rings. The molecule has 1 N–H and O–H groups in total. The fourth-order valence-corrected chi connectivity index (χ4v) is 2.92. The monoisotopic (exact) mass is 308 g/mol. The van der Waals surface area contributed by atoms with E-state index in [4.69, 9.17) is 0 Å². The standard InChI is InChI=1S/C17H28N2OS/c1-3-4-5-6-7-8-9-10-11-17(20)19-18-14-16-13-12-15(2)21-16/h12-14H,3-11H2,1-2H3,(H,19,20). The molecule has 4 heteroatoms. The van der Waals surface area contributed by atoms with Gasteiger partial charge in [-0.2, -0.15) is 5.10 Å². The molecule has 1 rings (SSSR count). The van der Waals surface area contributed by atoms with Crippen LogP contribution in [0.25, 0.3) is 0 Å². The predicted molar refractivity (Wildman–Crippen MR) is 92.0 cm³/mol. The van der Waals surface area contributed by atoms with Crippen LogP contribution in [-0.2, 0) is 4.79 Å². The van der Waals surface area contributed by atoms with Crippen molar-refractivity contribution in [3.63, 3.8) is 0 Å². The van der Waals surface area contributed by atoms with Crippen LogP contribution < -0.4 is 5.43 Å². The van der Waals surface area contributed by atoms with Crippen molar-refractivity contribution in [2.24, 2.45) is 5.10 Å². The number of aryl methyl sites for hydroxylation is 1. The van der Waals surface area contributed by atoms with Crippen LogP contribution in [0.2, 0.25) is 0 Å². The third kappa shape index (κ3) is 9.40. The maximum atomic E-state index is 11.6. The highest BCUT2D eigenvalue weighted by molar-refractivity contribution is 7.13. The Morgan fingerprint density at radius 1 is 1.14 bits per heavy atom. The van der Waals surface area contributed by atoms with Crippen LogP contribution in [-0.4, -0.2) is 12.1 Å². The Bertz CT molecular complexity index is 426. The summed E-state index contributed by atoms with van der Waals surface area (Å²) >= 11 is 1.67. The van der Waals surface area contributed by atoms with Gasteiger partial charge in [-0.1, -0.05) is 51.9 Å². The number of unbranched alkanes of at least 4 members (excludes halogenated alkanes) is 7. The lowest BCUT2D eigenvalue weighted by molar-refractivity contribution is -0.121. The average molecular weight is 308 g/mol. The Morgan fingerprint density at radius 2 is 1.81 bits per heavy atom. The van der Waals surface area contributed by atoms with Gasteiger partial charge in [-0.25, -0.2) is 5.43 Å². The Kier molecular flexibility index (Phi) is 9.79. The average Bonchev–Trinajstić information content (AvgIpc) is 2.87. The number of hydrazone groups is 1. The Hall–Kier alpha value is -1.16. The molecule has 118 valence electrons. The molecule has 1 heterocycles.